The molecule has 1 aliphatic heterocycles. The molecule has 0 aromatic carbocycles. The number of hydrogen-bond donors (Lipinski definition) is 0. The van der Waals surface area contributed by atoms with Crippen LogP contribution in [0.1, 0.15) is 57.8 Å². The van der Waals surface area contributed by atoms with Crippen LogP contribution in [0.25, 0.3) is 0 Å². The summed E-state index contributed by atoms with van der Waals surface area (Å²) in [6, 6.07) is 1.86. The fourth-order valence-electron chi connectivity index (χ4n) is 4.33. The van der Waals surface area contributed by atoms with E-state index in [1.54, 1.807) is 0 Å². The summed E-state index contributed by atoms with van der Waals surface area (Å²) in [5.41, 5.74) is 0. The van der Waals surface area contributed by atoms with Crippen molar-refractivity contribution in [2.75, 3.05) is 13.6 Å². The van der Waals surface area contributed by atoms with Gasteiger partial charge in [-0.2, -0.15) is 10.2 Å². The second-order valence-electron chi connectivity index (χ2n) is 7.05. The minimum atomic E-state index is 0.510. The van der Waals surface area contributed by atoms with Crippen molar-refractivity contribution >= 4 is 15.9 Å². The van der Waals surface area contributed by atoms with E-state index in [0.717, 1.165) is 16.8 Å². The smallest absolute Gasteiger partial charge is 0.0712 e. The Morgan fingerprint density at radius 3 is 2.40 bits per heavy atom. The van der Waals surface area contributed by atoms with E-state index in [9.17, 15) is 0 Å². The Morgan fingerprint density at radius 2 is 1.60 bits per heavy atom. The highest BCUT2D eigenvalue weighted by Crippen LogP contribution is 2.36. The van der Waals surface area contributed by atoms with Gasteiger partial charge in [-0.15, -0.1) is 0 Å². The van der Waals surface area contributed by atoms with Crippen LogP contribution in [0.2, 0.25) is 0 Å². The average Bonchev–Trinajstić information content (AvgIpc) is 2.47. The van der Waals surface area contributed by atoms with Crippen LogP contribution in [0.5, 0.6) is 0 Å². The molecule has 3 unspecified atom stereocenters. The molecule has 0 radical (unpaired) electrons. The first-order valence-corrected chi connectivity index (χ1v) is 9.38. The topological polar surface area (TPSA) is 28.0 Å². The molecule has 3 rings (SSSR count). The van der Waals surface area contributed by atoms with Crippen LogP contribution in [-0.2, 0) is 0 Å². The molecular formula is C16H28BrN3. The third-order valence-corrected chi connectivity index (χ3v) is 6.50. The lowest BCUT2D eigenvalue weighted by molar-refractivity contribution is 0.0757. The van der Waals surface area contributed by atoms with Gasteiger partial charge >= 0.3 is 0 Å². The van der Waals surface area contributed by atoms with Crippen molar-refractivity contribution < 1.29 is 0 Å². The Morgan fingerprint density at radius 1 is 0.900 bits per heavy atom. The van der Waals surface area contributed by atoms with Crippen LogP contribution < -0.4 is 0 Å². The number of piperidine rings is 1. The van der Waals surface area contributed by atoms with Crippen LogP contribution in [0.4, 0.5) is 0 Å². The second-order valence-corrected chi connectivity index (χ2v) is 8.35. The van der Waals surface area contributed by atoms with Crippen LogP contribution in [0.15, 0.2) is 10.2 Å². The largest absolute Gasteiger partial charge is 0.303 e. The van der Waals surface area contributed by atoms with Crippen molar-refractivity contribution in [3.05, 3.63) is 0 Å². The van der Waals surface area contributed by atoms with E-state index in [1.165, 1.54) is 64.3 Å². The molecule has 0 aromatic heterocycles. The van der Waals surface area contributed by atoms with Gasteiger partial charge in [0.2, 0.25) is 0 Å². The fraction of sp³-hybridized carbons (Fsp3) is 1.00. The molecule has 0 spiro atoms. The van der Waals surface area contributed by atoms with E-state index in [2.05, 4.69) is 33.0 Å². The summed E-state index contributed by atoms with van der Waals surface area (Å²) in [5.74, 6) is 0.879. The van der Waals surface area contributed by atoms with Crippen LogP contribution in [-0.4, -0.2) is 41.4 Å². The predicted octanol–water partition coefficient (Wildman–Crippen LogP) is 4.41. The first-order chi connectivity index (χ1) is 9.72. The number of alkyl halides is 1. The molecule has 3 aliphatic rings. The Balaban J connectivity index is 1.49. The zero-order valence-corrected chi connectivity index (χ0v) is 14.3. The van der Waals surface area contributed by atoms with E-state index >= 15 is 0 Å². The lowest BCUT2D eigenvalue weighted by atomic mass is 9.76. The molecule has 1 heterocycles. The molecule has 0 bridgehead atoms. The van der Waals surface area contributed by atoms with Crippen molar-refractivity contribution in [3.8, 4) is 0 Å². The minimum Gasteiger partial charge on any atom is -0.303 e. The molecule has 2 aliphatic carbocycles. The number of azo groups is 1. The van der Waals surface area contributed by atoms with Gasteiger partial charge in [0, 0.05) is 10.9 Å². The van der Waals surface area contributed by atoms with E-state index < -0.39 is 0 Å². The molecule has 0 N–H and O–H groups in total. The van der Waals surface area contributed by atoms with Gasteiger partial charge in [-0.3, -0.25) is 0 Å². The molecule has 3 fully saturated rings. The first-order valence-electron chi connectivity index (χ1n) is 8.46. The number of likely N-dealkylation sites (tertiary alicyclic amines) is 1. The Bertz CT molecular complexity index is 339. The number of hydrogen-bond acceptors (Lipinski definition) is 3. The maximum Gasteiger partial charge on any atom is 0.0712 e. The highest BCUT2D eigenvalue weighted by atomic mass is 79.9. The maximum atomic E-state index is 4.74. The number of halogens is 1. The van der Waals surface area contributed by atoms with Gasteiger partial charge in [-0.05, 0) is 77.3 Å². The normalized spacial score (nSPS) is 43.6. The van der Waals surface area contributed by atoms with E-state index in [-0.39, 0.29) is 0 Å². The van der Waals surface area contributed by atoms with Crippen molar-refractivity contribution in [2.24, 2.45) is 16.1 Å². The summed E-state index contributed by atoms with van der Waals surface area (Å²) in [5, 5.41) is 9.43. The van der Waals surface area contributed by atoms with Gasteiger partial charge in [0.1, 0.15) is 0 Å². The van der Waals surface area contributed by atoms with Crippen LogP contribution >= 0.6 is 15.9 Å². The van der Waals surface area contributed by atoms with Gasteiger partial charge in [0.25, 0.3) is 0 Å². The number of rotatable bonds is 2. The third kappa shape index (κ3) is 3.62. The molecular weight excluding hydrogens is 314 g/mol. The van der Waals surface area contributed by atoms with Gasteiger partial charge in [0.05, 0.1) is 12.1 Å². The summed E-state index contributed by atoms with van der Waals surface area (Å²) in [6.07, 6.45) is 11.6. The molecule has 0 aromatic rings. The highest BCUT2D eigenvalue weighted by molar-refractivity contribution is 9.09. The Hall–Kier alpha value is 0.0400. The van der Waals surface area contributed by atoms with Gasteiger partial charge < -0.3 is 4.90 Å². The maximum absolute atomic E-state index is 4.74. The summed E-state index contributed by atoms with van der Waals surface area (Å²) in [4.78, 5) is 3.31. The van der Waals surface area contributed by atoms with Crippen molar-refractivity contribution in [1.29, 1.82) is 0 Å². The third-order valence-electron chi connectivity index (χ3n) is 5.59. The van der Waals surface area contributed by atoms with Crippen molar-refractivity contribution in [3.63, 3.8) is 0 Å². The summed E-state index contributed by atoms with van der Waals surface area (Å²) < 4.78 is 0. The first kappa shape index (κ1) is 15.0. The SMILES string of the molecule is CN1CCCC2CC(N=NC3CCC(Br)CC3)CCC21. The Labute approximate surface area is 131 Å². The van der Waals surface area contributed by atoms with E-state index in [1.807, 2.05) is 0 Å². The van der Waals surface area contributed by atoms with Crippen LogP contribution in [0.3, 0.4) is 0 Å². The monoisotopic (exact) mass is 341 g/mol. The predicted molar refractivity (Wildman–Crippen MR) is 86.6 cm³/mol. The zero-order valence-electron chi connectivity index (χ0n) is 12.7. The molecule has 4 heteroatoms. The summed E-state index contributed by atoms with van der Waals surface area (Å²) in [6.45, 7) is 1.29. The second kappa shape index (κ2) is 6.87. The highest BCUT2D eigenvalue weighted by Gasteiger charge is 2.35. The number of nitrogens with zero attached hydrogens (tertiary/aromatic N) is 3. The summed E-state index contributed by atoms with van der Waals surface area (Å²) >= 11 is 3.71. The number of fused-ring (bicyclic) bond motifs is 1. The molecule has 3 nitrogen and oxygen atoms in total. The molecule has 1 saturated heterocycles. The van der Waals surface area contributed by atoms with Gasteiger partial charge in [0.15, 0.2) is 0 Å². The lowest BCUT2D eigenvalue weighted by Gasteiger charge is -2.43. The zero-order chi connectivity index (χ0) is 13.9. The molecule has 20 heavy (non-hydrogen) atoms. The average molecular weight is 342 g/mol. The minimum absolute atomic E-state index is 0.510. The van der Waals surface area contributed by atoms with Gasteiger partial charge in [-0.1, -0.05) is 15.9 Å². The molecule has 2 saturated carbocycles. The lowest BCUT2D eigenvalue weighted by Crippen LogP contribution is -2.46. The van der Waals surface area contributed by atoms with Crippen molar-refractivity contribution in [2.45, 2.75) is 80.7 Å². The standard InChI is InChI=1S/C16H28BrN3/c1-20-10-2-3-12-11-15(8-9-16(12)20)19-18-14-6-4-13(17)5-7-14/h12-16H,2-11H2,1H3. The Kier molecular flexibility index (Phi) is 5.13. The molecule has 3 atom stereocenters. The van der Waals surface area contributed by atoms with Crippen LogP contribution in [0, 0.1) is 5.92 Å². The molecule has 0 amide bonds. The van der Waals surface area contributed by atoms with E-state index in [4.69, 9.17) is 5.11 Å². The quantitative estimate of drug-likeness (QED) is 0.540. The van der Waals surface area contributed by atoms with Crippen molar-refractivity contribution in [1.82, 2.24) is 4.90 Å². The molecule has 114 valence electrons. The van der Waals surface area contributed by atoms with E-state index in [0.29, 0.717) is 12.1 Å². The fourth-order valence-corrected chi connectivity index (χ4v) is 4.86. The van der Waals surface area contributed by atoms with Gasteiger partial charge in [-0.25, -0.2) is 0 Å². The summed E-state index contributed by atoms with van der Waals surface area (Å²) in [7, 11) is 2.30.